The Labute approximate surface area is 91.1 Å². The van der Waals surface area contributed by atoms with Crippen molar-refractivity contribution < 1.29 is 0 Å². The summed E-state index contributed by atoms with van der Waals surface area (Å²) in [4.78, 5) is 19.9. The number of hydrogen-bond acceptors (Lipinski definition) is 4. The maximum atomic E-state index is 11.8. The fourth-order valence-corrected chi connectivity index (χ4v) is 1.70. The van der Waals surface area contributed by atoms with Crippen molar-refractivity contribution in [2.45, 2.75) is 18.8 Å². The maximum absolute atomic E-state index is 11.8. The van der Waals surface area contributed by atoms with Crippen molar-refractivity contribution in [2.75, 3.05) is 5.73 Å². The molecule has 2 heterocycles. The number of hydrogen-bond donors (Lipinski definition) is 2. The van der Waals surface area contributed by atoms with Crippen LogP contribution in [0.3, 0.4) is 0 Å². The second-order valence-corrected chi connectivity index (χ2v) is 3.90. The van der Waals surface area contributed by atoms with E-state index in [1.165, 1.54) is 4.68 Å². The van der Waals surface area contributed by atoms with Gasteiger partial charge in [0.1, 0.15) is 5.69 Å². The fraction of sp³-hybridized carbons (Fsp3) is 0.300. The highest BCUT2D eigenvalue weighted by molar-refractivity contribution is 5.45. The number of aromatic amines is 1. The molecule has 6 heteroatoms. The van der Waals surface area contributed by atoms with Crippen molar-refractivity contribution in [1.82, 2.24) is 19.7 Å². The third kappa shape index (κ3) is 1.30. The van der Waals surface area contributed by atoms with E-state index in [4.69, 9.17) is 5.73 Å². The van der Waals surface area contributed by atoms with E-state index in [0.29, 0.717) is 11.9 Å². The number of aromatic nitrogens is 4. The average Bonchev–Trinajstić information content (AvgIpc) is 3.10. The molecule has 0 unspecified atom stereocenters. The molecule has 2 aromatic rings. The van der Waals surface area contributed by atoms with Gasteiger partial charge in [0.25, 0.3) is 11.5 Å². The van der Waals surface area contributed by atoms with Gasteiger partial charge in [-0.1, -0.05) is 0 Å². The Bertz CT molecular complexity index is 567. The summed E-state index contributed by atoms with van der Waals surface area (Å²) in [5, 5.41) is 2.98. The van der Waals surface area contributed by atoms with Crippen LogP contribution in [-0.2, 0) is 0 Å². The van der Waals surface area contributed by atoms with Gasteiger partial charge in [-0.25, -0.2) is 9.97 Å². The topological polar surface area (TPSA) is 89.6 Å². The Hall–Kier alpha value is -2.11. The van der Waals surface area contributed by atoms with Crippen LogP contribution in [0.15, 0.2) is 23.3 Å². The van der Waals surface area contributed by atoms with E-state index in [1.807, 2.05) is 0 Å². The molecule has 3 rings (SSSR count). The van der Waals surface area contributed by atoms with Gasteiger partial charge in [-0.15, -0.1) is 0 Å². The van der Waals surface area contributed by atoms with E-state index >= 15 is 0 Å². The van der Waals surface area contributed by atoms with Gasteiger partial charge in [0.2, 0.25) is 0 Å². The largest absolute Gasteiger partial charge is 0.393 e. The van der Waals surface area contributed by atoms with Crippen LogP contribution in [0.1, 0.15) is 24.5 Å². The van der Waals surface area contributed by atoms with Crippen molar-refractivity contribution in [1.29, 1.82) is 0 Å². The molecule has 2 aromatic heterocycles. The van der Waals surface area contributed by atoms with Crippen molar-refractivity contribution in [3.05, 3.63) is 34.5 Å². The third-order valence-electron chi connectivity index (χ3n) is 2.69. The van der Waals surface area contributed by atoms with E-state index < -0.39 is 0 Å². The van der Waals surface area contributed by atoms with Crippen LogP contribution in [0.4, 0.5) is 5.69 Å². The number of nitrogens with one attached hydrogen (secondary N) is 1. The lowest BCUT2D eigenvalue weighted by atomic mass is 10.3. The minimum atomic E-state index is -0.270. The van der Waals surface area contributed by atoms with Crippen LogP contribution in [0.2, 0.25) is 0 Å². The molecular weight excluding hydrogens is 206 g/mol. The zero-order valence-electron chi connectivity index (χ0n) is 8.55. The second kappa shape index (κ2) is 3.19. The molecule has 0 amide bonds. The first-order valence-electron chi connectivity index (χ1n) is 5.15. The van der Waals surface area contributed by atoms with Crippen LogP contribution >= 0.6 is 0 Å². The van der Waals surface area contributed by atoms with Crippen LogP contribution in [0.25, 0.3) is 5.95 Å². The first-order valence-corrected chi connectivity index (χ1v) is 5.15. The Morgan fingerprint density at radius 3 is 2.69 bits per heavy atom. The van der Waals surface area contributed by atoms with E-state index in [2.05, 4.69) is 15.1 Å². The number of nitrogen functional groups attached to an aromatic ring is 1. The summed E-state index contributed by atoms with van der Waals surface area (Å²) >= 11 is 0. The average molecular weight is 217 g/mol. The minimum Gasteiger partial charge on any atom is -0.393 e. The van der Waals surface area contributed by atoms with Gasteiger partial charge in [-0.3, -0.25) is 9.89 Å². The van der Waals surface area contributed by atoms with Crippen LogP contribution in [0, 0.1) is 0 Å². The van der Waals surface area contributed by atoms with Crippen LogP contribution in [-0.4, -0.2) is 19.7 Å². The number of H-pyrrole nitrogens is 1. The molecule has 1 saturated carbocycles. The second-order valence-electron chi connectivity index (χ2n) is 3.90. The number of nitrogens with zero attached hydrogens (tertiary/aromatic N) is 3. The molecule has 0 saturated heterocycles. The van der Waals surface area contributed by atoms with Crippen LogP contribution < -0.4 is 11.3 Å². The normalized spacial score (nSPS) is 15.2. The Kier molecular flexibility index (Phi) is 1.82. The summed E-state index contributed by atoms with van der Waals surface area (Å²) in [6.45, 7) is 0. The van der Waals surface area contributed by atoms with Crippen molar-refractivity contribution >= 4 is 5.69 Å². The first-order chi connectivity index (χ1) is 7.77. The van der Waals surface area contributed by atoms with Gasteiger partial charge in [0.05, 0.1) is 5.69 Å². The first kappa shape index (κ1) is 9.14. The fourth-order valence-electron chi connectivity index (χ4n) is 1.70. The van der Waals surface area contributed by atoms with Gasteiger partial charge < -0.3 is 5.73 Å². The lowest BCUT2D eigenvalue weighted by Gasteiger charge is -1.97. The monoisotopic (exact) mass is 217 g/mol. The molecule has 0 atom stereocenters. The molecule has 0 spiro atoms. The van der Waals surface area contributed by atoms with Crippen molar-refractivity contribution in [2.24, 2.45) is 0 Å². The minimum absolute atomic E-state index is 0.270. The number of nitrogens with two attached hydrogens (primary N) is 1. The molecule has 3 N–H and O–H groups in total. The predicted octanol–water partition coefficient (Wildman–Crippen LogP) is 0.415. The van der Waals surface area contributed by atoms with Gasteiger partial charge >= 0.3 is 0 Å². The van der Waals surface area contributed by atoms with Gasteiger partial charge in [0.15, 0.2) is 0 Å². The highest BCUT2D eigenvalue weighted by Gasteiger charge is 2.29. The molecule has 0 aliphatic heterocycles. The highest BCUT2D eigenvalue weighted by atomic mass is 16.1. The molecule has 16 heavy (non-hydrogen) atoms. The lowest BCUT2D eigenvalue weighted by Crippen LogP contribution is -2.18. The molecular formula is C10H11N5O. The van der Waals surface area contributed by atoms with E-state index in [9.17, 15) is 4.79 Å². The summed E-state index contributed by atoms with van der Waals surface area (Å²) in [6.07, 6.45) is 5.34. The highest BCUT2D eigenvalue weighted by Crippen LogP contribution is 2.40. The Balaban J connectivity index is 2.15. The zero-order chi connectivity index (χ0) is 11.1. The maximum Gasteiger partial charge on any atom is 0.297 e. The van der Waals surface area contributed by atoms with Crippen molar-refractivity contribution in [3.63, 3.8) is 0 Å². The third-order valence-corrected chi connectivity index (χ3v) is 2.69. The zero-order valence-corrected chi connectivity index (χ0v) is 8.55. The lowest BCUT2D eigenvalue weighted by molar-refractivity contribution is 0.763. The Morgan fingerprint density at radius 1 is 1.38 bits per heavy atom. The predicted molar refractivity (Wildman–Crippen MR) is 58.4 cm³/mol. The van der Waals surface area contributed by atoms with Gasteiger partial charge in [-0.2, -0.15) is 4.68 Å². The van der Waals surface area contributed by atoms with Gasteiger partial charge in [0, 0.05) is 18.3 Å². The molecule has 1 fully saturated rings. The summed E-state index contributed by atoms with van der Waals surface area (Å²) < 4.78 is 1.29. The molecule has 0 bridgehead atoms. The van der Waals surface area contributed by atoms with Gasteiger partial charge in [-0.05, 0) is 18.9 Å². The summed E-state index contributed by atoms with van der Waals surface area (Å²) in [6, 6.07) is 1.70. The molecule has 82 valence electrons. The summed E-state index contributed by atoms with van der Waals surface area (Å²) in [5.74, 6) is 0.726. The SMILES string of the molecule is Nc1c(C2CC2)[nH]n(-c2ncccn2)c1=O. The van der Waals surface area contributed by atoms with E-state index in [1.54, 1.807) is 18.5 Å². The molecule has 0 aromatic carbocycles. The molecule has 0 radical (unpaired) electrons. The quantitative estimate of drug-likeness (QED) is 0.762. The smallest absolute Gasteiger partial charge is 0.297 e. The standard InChI is InChI=1S/C10H11N5O/c11-7-8(6-2-3-6)14-15(9(7)16)10-12-4-1-5-13-10/h1,4-6,14H,2-3,11H2. The molecule has 6 nitrogen and oxygen atoms in total. The van der Waals surface area contributed by atoms with Crippen LogP contribution in [0.5, 0.6) is 0 Å². The number of anilines is 1. The van der Waals surface area contributed by atoms with Crippen molar-refractivity contribution in [3.8, 4) is 5.95 Å². The Morgan fingerprint density at radius 2 is 2.06 bits per heavy atom. The molecule has 1 aliphatic carbocycles. The number of rotatable bonds is 2. The molecule has 1 aliphatic rings. The summed E-state index contributed by atoms with van der Waals surface area (Å²) in [7, 11) is 0. The summed E-state index contributed by atoms with van der Waals surface area (Å²) in [5.41, 5.74) is 6.60. The van der Waals surface area contributed by atoms with E-state index in [-0.39, 0.29) is 11.2 Å². The van der Waals surface area contributed by atoms with E-state index in [0.717, 1.165) is 18.5 Å².